The zero-order valence-corrected chi connectivity index (χ0v) is 16.9. The zero-order chi connectivity index (χ0) is 19.8. The number of fused-ring (bicyclic) bond motifs is 1. The Labute approximate surface area is 166 Å². The van der Waals surface area contributed by atoms with Crippen molar-refractivity contribution in [3.05, 3.63) is 58.7 Å². The van der Waals surface area contributed by atoms with E-state index < -0.39 is 0 Å². The topological polar surface area (TPSA) is 85.6 Å². The molecule has 0 radical (unpaired) electrons. The van der Waals surface area contributed by atoms with Gasteiger partial charge in [0.1, 0.15) is 0 Å². The van der Waals surface area contributed by atoms with Gasteiger partial charge in [0.05, 0.1) is 23.0 Å². The van der Waals surface area contributed by atoms with Gasteiger partial charge in [-0.3, -0.25) is 19.9 Å². The minimum atomic E-state index is -0.268. The second-order valence-corrected chi connectivity index (χ2v) is 7.79. The Balaban J connectivity index is 1.65. The molecule has 28 heavy (non-hydrogen) atoms. The molecule has 0 unspecified atom stereocenters. The van der Waals surface area contributed by atoms with Crippen LogP contribution < -0.4 is 5.43 Å². The van der Waals surface area contributed by atoms with E-state index in [2.05, 4.69) is 39.2 Å². The molecule has 0 atom stereocenters. The predicted molar refractivity (Wildman–Crippen MR) is 110 cm³/mol. The number of carbonyl (C=O) groups is 1. The molecule has 1 N–H and O–H groups in total. The highest BCUT2D eigenvalue weighted by atomic mass is 32.1. The maximum absolute atomic E-state index is 12.9. The molecule has 4 aromatic rings. The van der Waals surface area contributed by atoms with Gasteiger partial charge in [0.25, 0.3) is 5.91 Å². The third-order valence-electron chi connectivity index (χ3n) is 4.52. The highest BCUT2D eigenvalue weighted by Gasteiger charge is 2.17. The molecule has 0 saturated carbocycles. The number of thiazole rings is 1. The molecule has 4 aromatic heterocycles. The normalized spacial score (nSPS) is 11.3. The zero-order valence-electron chi connectivity index (χ0n) is 16.1. The van der Waals surface area contributed by atoms with Gasteiger partial charge in [-0.1, -0.05) is 13.8 Å². The molecule has 0 fully saturated rings. The molecule has 7 nitrogen and oxygen atoms in total. The quantitative estimate of drug-likeness (QED) is 0.566. The fourth-order valence-corrected chi connectivity index (χ4v) is 3.81. The van der Waals surface area contributed by atoms with Crippen molar-refractivity contribution >= 4 is 28.1 Å². The van der Waals surface area contributed by atoms with Crippen molar-refractivity contribution in [2.75, 3.05) is 5.43 Å². The number of pyridine rings is 1. The van der Waals surface area contributed by atoms with Gasteiger partial charge in [0.15, 0.2) is 10.8 Å². The monoisotopic (exact) mass is 392 g/mol. The van der Waals surface area contributed by atoms with Crippen molar-refractivity contribution in [1.82, 2.24) is 24.6 Å². The summed E-state index contributed by atoms with van der Waals surface area (Å²) < 4.78 is 1.72. The Kier molecular flexibility index (Phi) is 4.64. The summed E-state index contributed by atoms with van der Waals surface area (Å²) in [5.74, 6) is 0.592. The van der Waals surface area contributed by atoms with E-state index >= 15 is 0 Å². The largest absolute Gasteiger partial charge is 0.273 e. The van der Waals surface area contributed by atoms with Crippen LogP contribution in [-0.2, 0) is 0 Å². The van der Waals surface area contributed by atoms with Crippen molar-refractivity contribution in [1.29, 1.82) is 0 Å². The summed E-state index contributed by atoms with van der Waals surface area (Å²) in [6.45, 7) is 7.97. The van der Waals surface area contributed by atoms with Crippen LogP contribution in [0.2, 0.25) is 0 Å². The summed E-state index contributed by atoms with van der Waals surface area (Å²) in [6, 6.07) is 1.96. The van der Waals surface area contributed by atoms with E-state index in [1.807, 2.05) is 24.6 Å². The molecule has 4 heterocycles. The smallest absolute Gasteiger partial charge is 0.267 e. The third kappa shape index (κ3) is 3.27. The van der Waals surface area contributed by atoms with Crippen LogP contribution in [0.3, 0.4) is 0 Å². The highest BCUT2D eigenvalue weighted by molar-refractivity contribution is 7.13. The number of nitrogens with zero attached hydrogens (tertiary/aromatic N) is 5. The molecule has 4 rings (SSSR count). The van der Waals surface area contributed by atoms with E-state index in [1.54, 1.807) is 30.2 Å². The SMILES string of the molecule is Cc1csc(-c2ncc(C(=O)Nn3cc(C(C)C)c4ccncc43)c(C)n2)n1. The van der Waals surface area contributed by atoms with E-state index in [-0.39, 0.29) is 5.91 Å². The highest BCUT2D eigenvalue weighted by Crippen LogP contribution is 2.26. The van der Waals surface area contributed by atoms with E-state index in [0.29, 0.717) is 23.0 Å². The standard InChI is InChI=1S/C20H20N6OS/c1-11(2)16-9-26(17-8-21-6-5-14(16)17)25-19(27)15-7-22-18(24-13(15)4)20-23-12(3)10-28-20/h5-11H,1-4H3,(H,25,27). The average molecular weight is 392 g/mol. The molecule has 142 valence electrons. The second kappa shape index (κ2) is 7.12. The molecule has 0 saturated heterocycles. The van der Waals surface area contributed by atoms with Crippen molar-refractivity contribution in [2.45, 2.75) is 33.6 Å². The Morgan fingerprint density at radius 2 is 2.04 bits per heavy atom. The Hall–Kier alpha value is -3.13. The van der Waals surface area contributed by atoms with Crippen LogP contribution in [0.25, 0.3) is 21.7 Å². The van der Waals surface area contributed by atoms with Crippen LogP contribution in [0.5, 0.6) is 0 Å². The van der Waals surface area contributed by atoms with Crippen LogP contribution in [0.1, 0.15) is 47.1 Å². The summed E-state index contributed by atoms with van der Waals surface area (Å²) in [6.07, 6.45) is 7.00. The summed E-state index contributed by atoms with van der Waals surface area (Å²) in [5, 5.41) is 3.77. The summed E-state index contributed by atoms with van der Waals surface area (Å²) in [4.78, 5) is 30.3. The molecule has 1 amide bonds. The van der Waals surface area contributed by atoms with Crippen molar-refractivity contribution in [2.24, 2.45) is 0 Å². The molecule has 0 aliphatic rings. The maximum atomic E-state index is 12.9. The molecule has 0 aliphatic heterocycles. The molecule has 8 heteroatoms. The average Bonchev–Trinajstić information content (AvgIpc) is 3.26. The first-order valence-corrected chi connectivity index (χ1v) is 9.84. The van der Waals surface area contributed by atoms with Crippen LogP contribution in [-0.4, -0.2) is 30.5 Å². The fourth-order valence-electron chi connectivity index (χ4n) is 3.07. The van der Waals surface area contributed by atoms with E-state index in [0.717, 1.165) is 27.2 Å². The minimum absolute atomic E-state index is 0.268. The molecular formula is C20H20N6OS. The molecule has 0 spiro atoms. The van der Waals surface area contributed by atoms with Gasteiger partial charge in [0.2, 0.25) is 0 Å². The van der Waals surface area contributed by atoms with Gasteiger partial charge < -0.3 is 0 Å². The maximum Gasteiger partial charge on any atom is 0.273 e. The van der Waals surface area contributed by atoms with Gasteiger partial charge in [-0.15, -0.1) is 11.3 Å². The number of aromatic nitrogens is 5. The van der Waals surface area contributed by atoms with Crippen molar-refractivity contribution < 1.29 is 4.79 Å². The number of carbonyl (C=O) groups excluding carboxylic acids is 1. The van der Waals surface area contributed by atoms with E-state index in [9.17, 15) is 4.79 Å². The Morgan fingerprint density at radius 3 is 2.71 bits per heavy atom. The van der Waals surface area contributed by atoms with Crippen LogP contribution in [0, 0.1) is 13.8 Å². The molecule has 0 bridgehead atoms. The molecular weight excluding hydrogens is 372 g/mol. The first-order valence-electron chi connectivity index (χ1n) is 8.96. The first kappa shape index (κ1) is 18.2. The Morgan fingerprint density at radius 1 is 1.21 bits per heavy atom. The van der Waals surface area contributed by atoms with Crippen LogP contribution in [0.15, 0.2) is 36.2 Å². The van der Waals surface area contributed by atoms with Crippen molar-refractivity contribution in [3.63, 3.8) is 0 Å². The summed E-state index contributed by atoms with van der Waals surface area (Å²) >= 11 is 1.49. The van der Waals surface area contributed by atoms with Crippen LogP contribution in [0.4, 0.5) is 0 Å². The lowest BCUT2D eigenvalue weighted by atomic mass is 10.0. The van der Waals surface area contributed by atoms with E-state index in [1.165, 1.54) is 11.3 Å². The van der Waals surface area contributed by atoms with Gasteiger partial charge >= 0.3 is 0 Å². The second-order valence-electron chi connectivity index (χ2n) is 6.93. The number of amides is 1. The van der Waals surface area contributed by atoms with Crippen LogP contribution >= 0.6 is 11.3 Å². The molecule has 0 aromatic carbocycles. The van der Waals surface area contributed by atoms with Gasteiger partial charge in [-0.2, -0.15) is 0 Å². The van der Waals surface area contributed by atoms with Gasteiger partial charge in [-0.05, 0) is 31.4 Å². The lowest BCUT2D eigenvalue weighted by Crippen LogP contribution is -2.23. The predicted octanol–water partition coefficient (Wildman–Crippen LogP) is 4.07. The fraction of sp³-hybridized carbons (Fsp3) is 0.250. The van der Waals surface area contributed by atoms with Gasteiger partial charge in [0, 0.05) is 35.1 Å². The number of aryl methyl sites for hydroxylation is 2. The van der Waals surface area contributed by atoms with Gasteiger partial charge in [-0.25, -0.2) is 15.0 Å². The van der Waals surface area contributed by atoms with E-state index in [4.69, 9.17) is 0 Å². The molecule has 0 aliphatic carbocycles. The number of rotatable bonds is 4. The summed E-state index contributed by atoms with van der Waals surface area (Å²) in [5.41, 5.74) is 6.89. The summed E-state index contributed by atoms with van der Waals surface area (Å²) in [7, 11) is 0. The lowest BCUT2D eigenvalue weighted by molar-refractivity contribution is 0.101. The number of hydrogen-bond acceptors (Lipinski definition) is 6. The lowest BCUT2D eigenvalue weighted by Gasteiger charge is -2.09. The minimum Gasteiger partial charge on any atom is -0.267 e. The Bertz CT molecular complexity index is 1180. The number of nitrogens with one attached hydrogen (secondary N) is 1. The first-order chi connectivity index (χ1) is 13.4. The number of hydrogen-bond donors (Lipinski definition) is 1. The third-order valence-corrected chi connectivity index (χ3v) is 5.47. The van der Waals surface area contributed by atoms with Crippen molar-refractivity contribution in [3.8, 4) is 10.8 Å².